The van der Waals surface area contributed by atoms with Gasteiger partial charge in [0.15, 0.2) is 28.9 Å². The van der Waals surface area contributed by atoms with E-state index in [2.05, 4.69) is 4.99 Å². The smallest absolute Gasteiger partial charge is 0.303 e. The first-order chi connectivity index (χ1) is 21.8. The van der Waals surface area contributed by atoms with Crippen LogP contribution in [-0.4, -0.2) is 85.5 Å². The van der Waals surface area contributed by atoms with Crippen LogP contribution in [0.5, 0.6) is 0 Å². The summed E-state index contributed by atoms with van der Waals surface area (Å²) in [6, 6.07) is 16.4. The Morgan fingerprint density at radius 1 is 0.848 bits per heavy atom. The summed E-state index contributed by atoms with van der Waals surface area (Å²) in [6.45, 7) is 4.27. The summed E-state index contributed by atoms with van der Waals surface area (Å²) in [5.41, 5.74) is 1.11. The van der Waals surface area contributed by atoms with Crippen LogP contribution in [0.2, 0.25) is 0 Å². The van der Waals surface area contributed by atoms with Crippen LogP contribution in [0.15, 0.2) is 65.3 Å². The molecule has 0 aliphatic carbocycles. The van der Waals surface area contributed by atoms with Gasteiger partial charge in [-0.15, -0.1) is 0 Å². The van der Waals surface area contributed by atoms with Gasteiger partial charge in [0.25, 0.3) is 5.91 Å². The molecule has 2 aromatic rings. The van der Waals surface area contributed by atoms with Gasteiger partial charge in [0.1, 0.15) is 18.4 Å². The van der Waals surface area contributed by atoms with Crippen molar-refractivity contribution >= 4 is 64.2 Å². The number of amides is 1. The Labute approximate surface area is 270 Å². The second kappa shape index (κ2) is 15.1. The molecule has 1 amide bonds. The van der Waals surface area contributed by atoms with E-state index in [-0.39, 0.29) is 17.5 Å². The molecule has 5 atom stereocenters. The summed E-state index contributed by atoms with van der Waals surface area (Å²) in [6.07, 6.45) is -3.50. The van der Waals surface area contributed by atoms with Gasteiger partial charge in [-0.3, -0.25) is 28.9 Å². The van der Waals surface area contributed by atoms with Crippen LogP contribution in [0.25, 0.3) is 6.08 Å². The van der Waals surface area contributed by atoms with E-state index in [1.165, 1.54) is 11.8 Å². The summed E-state index contributed by atoms with van der Waals surface area (Å²) in [7, 11) is 3.79. The number of rotatable bonds is 9. The minimum atomic E-state index is -1.36. The number of hydrogen-bond acceptors (Lipinski definition) is 13. The number of thioether (sulfide) groups is 1. The Kier molecular flexibility index (Phi) is 11.2. The highest BCUT2D eigenvalue weighted by atomic mass is 32.2. The Bertz CT molecular complexity index is 1530. The SMILES string of the molecule is CC(=O)OC[C@H]1O[C@@H](SC2=N/C(=C\c3ccccc3)C(=O)N2c2ccc(N(C)C)cc2)[C@H](OC(C)=O)[C@@H](OC(C)=O)[C@@H]1OC(C)=O. The van der Waals surface area contributed by atoms with Crippen LogP contribution >= 0.6 is 11.8 Å². The van der Waals surface area contributed by atoms with E-state index in [0.29, 0.717) is 5.69 Å². The van der Waals surface area contributed by atoms with E-state index in [4.69, 9.17) is 23.7 Å². The van der Waals surface area contributed by atoms with Gasteiger partial charge >= 0.3 is 23.9 Å². The zero-order valence-electron chi connectivity index (χ0n) is 26.2. The fourth-order valence-corrected chi connectivity index (χ4v) is 5.99. The van der Waals surface area contributed by atoms with Crippen molar-refractivity contribution < 1.29 is 47.7 Å². The highest BCUT2D eigenvalue weighted by Gasteiger charge is 2.53. The number of nitrogens with zero attached hydrogens (tertiary/aromatic N) is 3. The summed E-state index contributed by atoms with van der Waals surface area (Å²) in [5, 5.41) is 0.172. The first-order valence-electron chi connectivity index (χ1n) is 14.3. The van der Waals surface area contributed by atoms with Crippen LogP contribution in [0.3, 0.4) is 0 Å². The lowest BCUT2D eigenvalue weighted by Crippen LogP contribution is -2.61. The maximum atomic E-state index is 13.9. The molecule has 4 rings (SSSR count). The predicted molar refractivity (Wildman–Crippen MR) is 170 cm³/mol. The van der Waals surface area contributed by atoms with Gasteiger partial charge in [-0.05, 0) is 35.9 Å². The van der Waals surface area contributed by atoms with E-state index in [0.717, 1.165) is 43.8 Å². The average molecular weight is 654 g/mol. The van der Waals surface area contributed by atoms with Crippen LogP contribution in [0, 0.1) is 0 Å². The fraction of sp³-hybridized carbons (Fsp3) is 0.375. The van der Waals surface area contributed by atoms with E-state index in [1.807, 2.05) is 61.5 Å². The van der Waals surface area contributed by atoms with Crippen LogP contribution in [0.4, 0.5) is 11.4 Å². The second-order valence-electron chi connectivity index (χ2n) is 10.6. The van der Waals surface area contributed by atoms with Crippen molar-refractivity contribution in [3.05, 3.63) is 65.9 Å². The standard InChI is InChI=1S/C32H35N3O10S/c1-18(36)41-17-26-27(42-19(2)37)28(43-20(3)38)29(44-21(4)39)31(45-26)46-32-33-25(16-22-10-8-7-9-11-22)30(40)35(32)24-14-12-23(13-15-24)34(5)6/h7-16,26-29,31H,17H2,1-6H3/b25-16-/t26-,27-,28+,29-,31+/m1/s1. The lowest BCUT2D eigenvalue weighted by Gasteiger charge is -2.44. The molecule has 0 spiro atoms. The van der Waals surface area contributed by atoms with Gasteiger partial charge in [-0.1, -0.05) is 42.1 Å². The molecular weight excluding hydrogens is 618 g/mol. The number of anilines is 2. The van der Waals surface area contributed by atoms with Gasteiger partial charge in [0.05, 0.1) is 5.69 Å². The van der Waals surface area contributed by atoms with Crippen molar-refractivity contribution in [3.8, 4) is 0 Å². The maximum absolute atomic E-state index is 13.9. The zero-order valence-corrected chi connectivity index (χ0v) is 27.0. The molecule has 2 aliphatic rings. The molecule has 0 saturated carbocycles. The molecule has 14 heteroatoms. The van der Waals surface area contributed by atoms with Gasteiger partial charge in [-0.25, -0.2) is 4.99 Å². The topological polar surface area (TPSA) is 150 Å². The maximum Gasteiger partial charge on any atom is 0.303 e. The third-order valence-electron chi connectivity index (χ3n) is 6.73. The molecule has 1 saturated heterocycles. The molecule has 0 N–H and O–H groups in total. The number of carbonyl (C=O) groups is 5. The zero-order chi connectivity index (χ0) is 33.5. The second-order valence-corrected chi connectivity index (χ2v) is 11.6. The van der Waals surface area contributed by atoms with Crippen LogP contribution < -0.4 is 9.80 Å². The molecular formula is C32H35N3O10S. The Balaban J connectivity index is 1.79. The van der Waals surface area contributed by atoms with E-state index >= 15 is 0 Å². The lowest BCUT2D eigenvalue weighted by atomic mass is 9.99. The minimum Gasteiger partial charge on any atom is -0.463 e. The van der Waals surface area contributed by atoms with Crippen molar-refractivity contribution in [3.63, 3.8) is 0 Å². The number of ether oxygens (including phenoxy) is 5. The molecule has 2 aromatic carbocycles. The van der Waals surface area contributed by atoms with Crippen LogP contribution in [-0.2, 0) is 47.7 Å². The predicted octanol–water partition coefficient (Wildman–Crippen LogP) is 3.31. The summed E-state index contributed by atoms with van der Waals surface area (Å²) < 4.78 is 28.1. The van der Waals surface area contributed by atoms with Gasteiger partial charge in [0.2, 0.25) is 0 Å². The van der Waals surface area contributed by atoms with Gasteiger partial charge in [0, 0.05) is 47.5 Å². The summed E-state index contributed by atoms with van der Waals surface area (Å²) in [5.74, 6) is -3.27. The molecule has 1 fully saturated rings. The average Bonchev–Trinajstić information content (AvgIpc) is 3.28. The Morgan fingerprint density at radius 3 is 2.00 bits per heavy atom. The number of aliphatic imine (C=N–C) groups is 1. The molecule has 0 unspecified atom stereocenters. The Morgan fingerprint density at radius 2 is 1.43 bits per heavy atom. The van der Waals surface area contributed by atoms with Crippen molar-refractivity contribution in [2.75, 3.05) is 30.5 Å². The lowest BCUT2D eigenvalue weighted by molar-refractivity contribution is -0.237. The van der Waals surface area contributed by atoms with E-state index < -0.39 is 59.6 Å². The highest BCUT2D eigenvalue weighted by Crippen LogP contribution is 2.39. The van der Waals surface area contributed by atoms with Crippen molar-refractivity contribution in [2.45, 2.75) is 57.5 Å². The number of carbonyl (C=O) groups excluding carboxylic acids is 5. The first-order valence-corrected chi connectivity index (χ1v) is 15.2. The fourth-order valence-electron chi connectivity index (χ4n) is 4.80. The molecule has 0 aromatic heterocycles. The molecule has 13 nitrogen and oxygen atoms in total. The molecule has 0 radical (unpaired) electrons. The molecule has 46 heavy (non-hydrogen) atoms. The van der Waals surface area contributed by atoms with Crippen molar-refractivity contribution in [1.82, 2.24) is 0 Å². The first kappa shape index (κ1) is 34.2. The molecule has 0 bridgehead atoms. The third-order valence-corrected chi connectivity index (χ3v) is 7.82. The monoisotopic (exact) mass is 653 g/mol. The van der Waals surface area contributed by atoms with Crippen molar-refractivity contribution in [1.29, 1.82) is 0 Å². The number of esters is 4. The Hall–Kier alpha value is -4.69. The number of hydrogen-bond donors (Lipinski definition) is 0. The quantitative estimate of drug-likeness (QED) is 0.222. The minimum absolute atomic E-state index is 0.135. The van der Waals surface area contributed by atoms with Crippen LogP contribution in [0.1, 0.15) is 33.3 Å². The van der Waals surface area contributed by atoms with Gasteiger partial charge < -0.3 is 28.6 Å². The van der Waals surface area contributed by atoms with E-state index in [1.54, 1.807) is 18.2 Å². The molecule has 2 heterocycles. The summed E-state index contributed by atoms with van der Waals surface area (Å²) in [4.78, 5) is 70.2. The number of amidine groups is 1. The molecule has 244 valence electrons. The highest BCUT2D eigenvalue weighted by molar-refractivity contribution is 8.14. The van der Waals surface area contributed by atoms with E-state index in [9.17, 15) is 24.0 Å². The van der Waals surface area contributed by atoms with Crippen molar-refractivity contribution in [2.24, 2.45) is 4.99 Å². The third kappa shape index (κ3) is 8.52. The summed E-state index contributed by atoms with van der Waals surface area (Å²) >= 11 is 0.932. The largest absolute Gasteiger partial charge is 0.463 e. The van der Waals surface area contributed by atoms with Gasteiger partial charge in [-0.2, -0.15) is 0 Å². The number of benzene rings is 2. The normalized spacial score (nSPS) is 23.4. The molecule has 2 aliphatic heterocycles.